The van der Waals surface area contributed by atoms with Crippen molar-refractivity contribution in [3.63, 3.8) is 0 Å². The Hall–Kier alpha value is -0.933. The van der Waals surface area contributed by atoms with Gasteiger partial charge in [0.2, 0.25) is 5.91 Å². The second kappa shape index (κ2) is 11.5. The molecule has 0 aromatic rings. The normalized spacial score (nSPS) is 23.9. The van der Waals surface area contributed by atoms with E-state index < -0.39 is 14.3 Å². The van der Waals surface area contributed by atoms with Crippen LogP contribution in [0.15, 0.2) is 11.3 Å². The van der Waals surface area contributed by atoms with Crippen molar-refractivity contribution < 1.29 is 18.5 Å². The number of amidine groups is 1. The van der Waals surface area contributed by atoms with Gasteiger partial charge < -0.3 is 24.5 Å². The van der Waals surface area contributed by atoms with Crippen LogP contribution in [0, 0.1) is 17.2 Å². The minimum atomic E-state index is -1.85. The average Bonchev–Trinajstić information content (AvgIpc) is 2.99. The van der Waals surface area contributed by atoms with Crippen molar-refractivity contribution in [2.45, 2.75) is 64.9 Å². The number of nitrogens with zero attached hydrogens (tertiary/aromatic N) is 2. The van der Waals surface area contributed by atoms with Crippen LogP contribution < -0.4 is 5.73 Å². The zero-order valence-electron chi connectivity index (χ0n) is 20.1. The molecule has 3 N–H and O–H groups in total. The minimum Gasteiger partial charge on any atom is -0.447 e. The molecule has 32 heavy (non-hydrogen) atoms. The van der Waals surface area contributed by atoms with Gasteiger partial charge in [-0.1, -0.05) is 39.5 Å². The first-order valence-electron chi connectivity index (χ1n) is 11.4. The van der Waals surface area contributed by atoms with Crippen molar-refractivity contribution in [1.82, 2.24) is 9.80 Å². The third-order valence-electron chi connectivity index (χ3n) is 7.14. The smallest absolute Gasteiger partial charge is 0.357 e. The van der Waals surface area contributed by atoms with Crippen molar-refractivity contribution >= 4 is 46.6 Å². The molecule has 2 heterocycles. The maximum absolute atomic E-state index is 13.2. The molecule has 0 spiro atoms. The maximum atomic E-state index is 13.2. The molecule has 2 aliphatic rings. The van der Waals surface area contributed by atoms with Crippen molar-refractivity contribution in [2.24, 2.45) is 17.6 Å². The van der Waals surface area contributed by atoms with E-state index in [1.807, 2.05) is 23.4 Å². The van der Waals surface area contributed by atoms with Crippen LogP contribution in [0.2, 0.25) is 18.1 Å². The highest BCUT2D eigenvalue weighted by atomic mass is 32.2. The van der Waals surface area contributed by atoms with E-state index in [1.54, 1.807) is 4.90 Å². The molecule has 2 aliphatic heterocycles. The lowest BCUT2D eigenvalue weighted by molar-refractivity contribution is -0.161. The highest BCUT2D eigenvalue weighted by molar-refractivity contribution is 8.13. The van der Waals surface area contributed by atoms with E-state index in [2.05, 4.69) is 32.6 Å². The molecule has 2 rings (SSSR count). The van der Waals surface area contributed by atoms with Crippen LogP contribution in [0.1, 0.15) is 34.6 Å². The number of carbonyl (C=O) groups is 2. The largest absolute Gasteiger partial charge is 0.447 e. The fourth-order valence-electron chi connectivity index (χ4n) is 5.03. The summed E-state index contributed by atoms with van der Waals surface area (Å²) in [6, 6.07) is 3.02. The van der Waals surface area contributed by atoms with Crippen LogP contribution in [-0.4, -0.2) is 73.2 Å². The third kappa shape index (κ3) is 5.41. The first kappa shape index (κ1) is 27.3. The first-order chi connectivity index (χ1) is 15.1. The van der Waals surface area contributed by atoms with Crippen molar-refractivity contribution in [3.8, 4) is 0 Å². The zero-order chi connectivity index (χ0) is 24.2. The van der Waals surface area contributed by atoms with E-state index in [0.29, 0.717) is 24.5 Å². The van der Waals surface area contributed by atoms with Crippen LogP contribution >= 0.6 is 21.2 Å². The van der Waals surface area contributed by atoms with Crippen molar-refractivity contribution in [3.05, 3.63) is 11.3 Å². The van der Waals surface area contributed by atoms with Gasteiger partial charge in [0, 0.05) is 24.8 Å². The van der Waals surface area contributed by atoms with E-state index in [1.165, 1.54) is 11.8 Å². The van der Waals surface area contributed by atoms with Gasteiger partial charge in [-0.15, -0.1) is 0 Å². The standard InChI is InChI=1S/C21H39N4O4PSSi/c1-7-32(8-2,9-3)29-14(5)16-17-13(4)15(12-24(6)10-11-31-21(22)23)18(20(27)28-30)25(17)19(16)26/h13-14,16-17H,7-12,30H2,1-6H3,(H3,22,23)/t13-,14+,16+,17+/m0/s1. The minimum absolute atomic E-state index is 0.0340. The average molecular weight is 503 g/mol. The summed E-state index contributed by atoms with van der Waals surface area (Å²) in [5, 5.41) is 7.45. The highest BCUT2D eigenvalue weighted by Gasteiger charge is 2.60. The Morgan fingerprint density at radius 3 is 2.44 bits per heavy atom. The van der Waals surface area contributed by atoms with Gasteiger partial charge in [0.15, 0.2) is 13.5 Å². The van der Waals surface area contributed by atoms with E-state index in [0.717, 1.165) is 23.7 Å². The van der Waals surface area contributed by atoms with Crippen LogP contribution in [0.25, 0.3) is 0 Å². The molecule has 0 aromatic carbocycles. The first-order valence-corrected chi connectivity index (χ1v) is 15.4. The molecule has 1 saturated heterocycles. The molecule has 0 aromatic heterocycles. The molecule has 8 nitrogen and oxygen atoms in total. The Balaban J connectivity index is 2.22. The summed E-state index contributed by atoms with van der Waals surface area (Å²) < 4.78 is 11.6. The monoisotopic (exact) mass is 502 g/mol. The molecule has 11 heteroatoms. The Bertz CT molecular complexity index is 756. The van der Waals surface area contributed by atoms with E-state index in [4.69, 9.17) is 20.1 Å². The van der Waals surface area contributed by atoms with E-state index in [9.17, 15) is 9.59 Å². The zero-order valence-corrected chi connectivity index (χ0v) is 23.1. The molecular weight excluding hydrogens is 463 g/mol. The predicted octanol–water partition coefficient (Wildman–Crippen LogP) is 3.02. The number of thioether (sulfide) groups is 1. The number of β-lactam (4-membered cyclic amide) rings is 1. The number of hydrogen-bond donors (Lipinski definition) is 2. The Kier molecular flexibility index (Phi) is 9.79. The molecule has 182 valence electrons. The van der Waals surface area contributed by atoms with Gasteiger partial charge in [-0.05, 0) is 37.7 Å². The van der Waals surface area contributed by atoms with Crippen molar-refractivity contribution in [1.29, 1.82) is 5.41 Å². The SMILES string of the molecule is CC[Si](CC)(CC)O[C@H](C)[C@H]1C(=O)N2C(C(=O)OP)=C(CN(C)CCSC(=N)N)[C@H](C)[C@H]12. The Labute approximate surface area is 199 Å². The molecule has 1 amide bonds. The molecule has 0 aliphatic carbocycles. The lowest BCUT2D eigenvalue weighted by Gasteiger charge is -2.49. The molecular formula is C21H39N4O4PSSi. The lowest BCUT2D eigenvalue weighted by Crippen LogP contribution is -2.65. The van der Waals surface area contributed by atoms with Gasteiger partial charge in [0.05, 0.1) is 27.5 Å². The van der Waals surface area contributed by atoms with Gasteiger partial charge in [-0.3, -0.25) is 10.2 Å². The molecule has 1 fully saturated rings. The quantitative estimate of drug-likeness (QED) is 0.139. The molecule has 1 unspecified atom stereocenters. The summed E-state index contributed by atoms with van der Waals surface area (Å²) in [4.78, 5) is 29.6. The number of fused-ring (bicyclic) bond motifs is 1. The number of nitrogens with two attached hydrogens (primary N) is 1. The summed E-state index contributed by atoms with van der Waals surface area (Å²) in [6.07, 6.45) is -0.171. The predicted molar refractivity (Wildman–Crippen MR) is 136 cm³/mol. The third-order valence-corrected chi connectivity index (χ3v) is 12.8. The fourth-order valence-corrected chi connectivity index (χ4v) is 8.70. The summed E-state index contributed by atoms with van der Waals surface area (Å²) in [7, 11) is 2.11. The second-order valence-electron chi connectivity index (χ2n) is 8.81. The van der Waals surface area contributed by atoms with Crippen LogP contribution in [0.3, 0.4) is 0 Å². The van der Waals surface area contributed by atoms with Gasteiger partial charge in [-0.2, -0.15) is 0 Å². The number of likely N-dealkylation sites (N-methyl/N-ethyl adjacent to an activating group) is 1. The molecule has 5 atom stereocenters. The molecule has 0 saturated carbocycles. The number of carbonyl (C=O) groups excluding carboxylic acids is 2. The van der Waals surface area contributed by atoms with Crippen LogP contribution in [-0.2, 0) is 18.5 Å². The second-order valence-corrected chi connectivity index (χ2v) is 14.9. The van der Waals surface area contributed by atoms with Crippen molar-refractivity contribution in [2.75, 3.05) is 25.9 Å². The molecule has 0 radical (unpaired) electrons. The summed E-state index contributed by atoms with van der Waals surface area (Å²) in [6.45, 7) is 11.9. The highest BCUT2D eigenvalue weighted by Crippen LogP contribution is 2.48. The van der Waals surface area contributed by atoms with Crippen LogP contribution in [0.5, 0.6) is 0 Å². The van der Waals surface area contributed by atoms with Gasteiger partial charge in [0.1, 0.15) is 5.70 Å². The number of rotatable bonds is 12. The summed E-state index contributed by atoms with van der Waals surface area (Å²) in [5.74, 6) is -0.0631. The Morgan fingerprint density at radius 2 is 1.94 bits per heavy atom. The number of amides is 1. The van der Waals surface area contributed by atoms with Crippen LogP contribution in [0.4, 0.5) is 0 Å². The molecule has 0 bridgehead atoms. The van der Waals surface area contributed by atoms with E-state index >= 15 is 0 Å². The fraction of sp³-hybridized carbons (Fsp3) is 0.762. The van der Waals surface area contributed by atoms with Gasteiger partial charge in [-0.25, -0.2) is 4.79 Å². The number of hydrogen-bond acceptors (Lipinski definition) is 7. The number of nitrogens with one attached hydrogen (secondary N) is 1. The summed E-state index contributed by atoms with van der Waals surface area (Å²) >= 11 is 1.29. The topological polar surface area (TPSA) is 109 Å². The van der Waals surface area contributed by atoms with Gasteiger partial charge in [0.25, 0.3) is 0 Å². The van der Waals surface area contributed by atoms with Gasteiger partial charge >= 0.3 is 5.97 Å². The lowest BCUT2D eigenvalue weighted by atomic mass is 9.77. The maximum Gasteiger partial charge on any atom is 0.357 e. The van der Waals surface area contributed by atoms with E-state index in [-0.39, 0.29) is 35.1 Å². The Morgan fingerprint density at radius 1 is 1.34 bits per heavy atom. The summed E-state index contributed by atoms with van der Waals surface area (Å²) in [5.41, 5.74) is 6.72.